The molecule has 1 aromatic heterocycles. The predicted octanol–water partition coefficient (Wildman–Crippen LogP) is 2.23. The highest BCUT2D eigenvalue weighted by molar-refractivity contribution is 5.86. The molecule has 2 aromatic rings. The topological polar surface area (TPSA) is 55.1 Å². The standard InChI is InChI=1S/C13H14N2O2/c1-3-9-5-4-6-10-13(9)14-11(15(10)2)7-8-12(16)17/h4-8H,3H2,1-2H3,(H,16,17)/b8-7+. The molecule has 4 nitrogen and oxygen atoms in total. The maximum absolute atomic E-state index is 10.5. The summed E-state index contributed by atoms with van der Waals surface area (Å²) in [6.45, 7) is 2.08. The van der Waals surface area contributed by atoms with Gasteiger partial charge < -0.3 is 9.67 Å². The van der Waals surface area contributed by atoms with Crippen molar-refractivity contribution in [3.05, 3.63) is 35.7 Å². The molecule has 0 fully saturated rings. The van der Waals surface area contributed by atoms with Gasteiger partial charge in [-0.2, -0.15) is 0 Å². The predicted molar refractivity (Wildman–Crippen MR) is 66.8 cm³/mol. The third-order valence-corrected chi connectivity index (χ3v) is 2.79. The first-order chi connectivity index (χ1) is 8.13. The Kier molecular flexibility index (Phi) is 2.95. The van der Waals surface area contributed by atoms with Gasteiger partial charge in [0.1, 0.15) is 5.82 Å². The molecule has 0 spiro atoms. The first kappa shape index (κ1) is 11.4. The zero-order valence-corrected chi connectivity index (χ0v) is 9.84. The molecule has 1 heterocycles. The molecule has 0 saturated carbocycles. The Bertz CT molecular complexity index is 597. The van der Waals surface area contributed by atoms with Crippen LogP contribution in [-0.4, -0.2) is 20.6 Å². The number of rotatable bonds is 3. The molecule has 2 rings (SSSR count). The Morgan fingerprint density at radius 2 is 2.29 bits per heavy atom. The van der Waals surface area contributed by atoms with Crippen molar-refractivity contribution in [2.45, 2.75) is 13.3 Å². The van der Waals surface area contributed by atoms with Crippen LogP contribution in [-0.2, 0) is 18.3 Å². The first-order valence-corrected chi connectivity index (χ1v) is 5.48. The number of carbonyl (C=O) groups is 1. The highest BCUT2D eigenvalue weighted by Gasteiger charge is 2.08. The summed E-state index contributed by atoms with van der Waals surface area (Å²) >= 11 is 0. The van der Waals surface area contributed by atoms with Gasteiger partial charge in [0.15, 0.2) is 0 Å². The molecule has 1 aromatic carbocycles. The maximum atomic E-state index is 10.5. The molecule has 88 valence electrons. The van der Waals surface area contributed by atoms with Gasteiger partial charge in [-0.3, -0.25) is 0 Å². The van der Waals surface area contributed by atoms with Crippen LogP contribution in [0.2, 0.25) is 0 Å². The van der Waals surface area contributed by atoms with Crippen molar-refractivity contribution in [3.63, 3.8) is 0 Å². The number of carboxylic acids is 1. The monoisotopic (exact) mass is 230 g/mol. The molecule has 0 unspecified atom stereocenters. The maximum Gasteiger partial charge on any atom is 0.328 e. The number of benzene rings is 1. The van der Waals surface area contributed by atoms with E-state index in [1.165, 1.54) is 11.6 Å². The average Bonchev–Trinajstić information content (AvgIpc) is 2.64. The Labute approximate surface area is 99.2 Å². The molecule has 0 radical (unpaired) electrons. The molecule has 0 amide bonds. The van der Waals surface area contributed by atoms with Gasteiger partial charge in [-0.05, 0) is 24.1 Å². The number of imidazole rings is 1. The Morgan fingerprint density at radius 1 is 1.53 bits per heavy atom. The van der Waals surface area contributed by atoms with E-state index in [0.29, 0.717) is 5.82 Å². The minimum Gasteiger partial charge on any atom is -0.478 e. The summed E-state index contributed by atoms with van der Waals surface area (Å²) in [6.07, 6.45) is 3.53. The van der Waals surface area contributed by atoms with Crippen molar-refractivity contribution >= 4 is 23.1 Å². The molecule has 17 heavy (non-hydrogen) atoms. The summed E-state index contributed by atoms with van der Waals surface area (Å²) in [4.78, 5) is 15.0. The minimum atomic E-state index is -0.965. The van der Waals surface area contributed by atoms with Crippen LogP contribution in [0.5, 0.6) is 0 Å². The van der Waals surface area contributed by atoms with E-state index in [0.717, 1.165) is 23.5 Å². The largest absolute Gasteiger partial charge is 0.478 e. The van der Waals surface area contributed by atoms with Crippen molar-refractivity contribution in [2.75, 3.05) is 0 Å². The quantitative estimate of drug-likeness (QED) is 0.823. The van der Waals surface area contributed by atoms with E-state index in [1.54, 1.807) is 0 Å². The minimum absolute atomic E-state index is 0.656. The molecule has 0 bridgehead atoms. The van der Waals surface area contributed by atoms with E-state index in [9.17, 15) is 4.79 Å². The third-order valence-electron chi connectivity index (χ3n) is 2.79. The second kappa shape index (κ2) is 4.41. The summed E-state index contributed by atoms with van der Waals surface area (Å²) < 4.78 is 1.90. The van der Waals surface area contributed by atoms with E-state index in [4.69, 9.17) is 5.11 Å². The van der Waals surface area contributed by atoms with E-state index in [2.05, 4.69) is 11.9 Å². The van der Waals surface area contributed by atoms with E-state index < -0.39 is 5.97 Å². The van der Waals surface area contributed by atoms with E-state index in [-0.39, 0.29) is 0 Å². The number of carboxylic acid groups (broad SMARTS) is 1. The molecular formula is C13H14N2O2. The Morgan fingerprint density at radius 3 is 2.94 bits per heavy atom. The highest BCUT2D eigenvalue weighted by atomic mass is 16.4. The summed E-state index contributed by atoms with van der Waals surface area (Å²) in [7, 11) is 1.89. The Balaban J connectivity index is 2.60. The molecule has 4 heteroatoms. The fourth-order valence-corrected chi connectivity index (χ4v) is 1.87. The second-order valence-electron chi connectivity index (χ2n) is 3.84. The van der Waals surface area contributed by atoms with Gasteiger partial charge in [0.2, 0.25) is 0 Å². The van der Waals surface area contributed by atoms with Crippen molar-refractivity contribution in [3.8, 4) is 0 Å². The SMILES string of the molecule is CCc1cccc2c1nc(/C=C/C(=O)O)n2C. The fraction of sp³-hybridized carbons (Fsp3) is 0.231. The van der Waals surface area contributed by atoms with Gasteiger partial charge >= 0.3 is 5.97 Å². The van der Waals surface area contributed by atoms with Crippen LogP contribution < -0.4 is 0 Å². The third kappa shape index (κ3) is 2.06. The van der Waals surface area contributed by atoms with Crippen molar-refractivity contribution in [1.82, 2.24) is 9.55 Å². The molecular weight excluding hydrogens is 216 g/mol. The van der Waals surface area contributed by atoms with Crippen LogP contribution in [0.25, 0.3) is 17.1 Å². The number of nitrogens with zero attached hydrogens (tertiary/aromatic N) is 2. The normalized spacial score (nSPS) is 11.4. The van der Waals surface area contributed by atoms with Crippen molar-refractivity contribution in [1.29, 1.82) is 0 Å². The highest BCUT2D eigenvalue weighted by Crippen LogP contribution is 2.20. The molecule has 0 atom stereocenters. The molecule has 1 N–H and O–H groups in total. The molecule has 0 aliphatic carbocycles. The first-order valence-electron chi connectivity index (χ1n) is 5.48. The zero-order chi connectivity index (χ0) is 12.4. The lowest BCUT2D eigenvalue weighted by Gasteiger charge is -1.98. The second-order valence-corrected chi connectivity index (χ2v) is 3.84. The average molecular weight is 230 g/mol. The lowest BCUT2D eigenvalue weighted by molar-refractivity contribution is -0.131. The van der Waals surface area contributed by atoms with Gasteiger partial charge in [-0.1, -0.05) is 19.1 Å². The summed E-state index contributed by atoms with van der Waals surface area (Å²) in [6, 6.07) is 6.02. The lowest BCUT2D eigenvalue weighted by atomic mass is 10.1. The van der Waals surface area contributed by atoms with E-state index in [1.807, 2.05) is 29.8 Å². The molecule has 0 saturated heterocycles. The van der Waals surface area contributed by atoms with Crippen LogP contribution in [0.3, 0.4) is 0 Å². The smallest absolute Gasteiger partial charge is 0.328 e. The number of aromatic nitrogens is 2. The van der Waals surface area contributed by atoms with Gasteiger partial charge in [-0.25, -0.2) is 9.78 Å². The molecule has 0 aliphatic heterocycles. The van der Waals surface area contributed by atoms with Crippen LogP contribution in [0.1, 0.15) is 18.3 Å². The number of hydrogen-bond donors (Lipinski definition) is 1. The van der Waals surface area contributed by atoms with Crippen molar-refractivity contribution < 1.29 is 9.90 Å². The summed E-state index contributed by atoms with van der Waals surface area (Å²) in [5.74, 6) is -0.309. The summed E-state index contributed by atoms with van der Waals surface area (Å²) in [5, 5.41) is 8.62. The van der Waals surface area contributed by atoms with Gasteiger partial charge in [0.25, 0.3) is 0 Å². The fourth-order valence-electron chi connectivity index (χ4n) is 1.87. The van der Waals surface area contributed by atoms with Gasteiger partial charge in [0.05, 0.1) is 11.0 Å². The number of fused-ring (bicyclic) bond motifs is 1. The van der Waals surface area contributed by atoms with Gasteiger partial charge in [-0.15, -0.1) is 0 Å². The lowest BCUT2D eigenvalue weighted by Crippen LogP contribution is -1.93. The number of para-hydroxylation sites is 1. The number of aryl methyl sites for hydroxylation is 2. The summed E-state index contributed by atoms with van der Waals surface area (Å²) in [5.41, 5.74) is 3.14. The van der Waals surface area contributed by atoms with Crippen molar-refractivity contribution in [2.24, 2.45) is 7.05 Å². The van der Waals surface area contributed by atoms with Crippen LogP contribution in [0.15, 0.2) is 24.3 Å². The molecule has 0 aliphatic rings. The number of hydrogen-bond acceptors (Lipinski definition) is 2. The van der Waals surface area contributed by atoms with Crippen LogP contribution in [0, 0.1) is 0 Å². The zero-order valence-electron chi connectivity index (χ0n) is 9.84. The number of aliphatic carboxylic acids is 1. The Hall–Kier alpha value is -2.10. The van der Waals surface area contributed by atoms with Crippen LogP contribution >= 0.6 is 0 Å². The van der Waals surface area contributed by atoms with E-state index >= 15 is 0 Å². The van der Waals surface area contributed by atoms with Gasteiger partial charge in [0, 0.05) is 13.1 Å². The van der Waals surface area contributed by atoms with Crippen LogP contribution in [0.4, 0.5) is 0 Å².